The van der Waals surface area contributed by atoms with Crippen LogP contribution >= 0.6 is 11.3 Å². The molecule has 55 heavy (non-hydrogen) atoms. The third-order valence-electron chi connectivity index (χ3n) is 10.9. The van der Waals surface area contributed by atoms with E-state index in [4.69, 9.17) is 14.5 Å². The molecule has 288 valence electrons. The zero-order valence-electron chi connectivity index (χ0n) is 30.5. The van der Waals surface area contributed by atoms with E-state index in [1.54, 1.807) is 13.3 Å². The van der Waals surface area contributed by atoms with Gasteiger partial charge in [0, 0.05) is 34.9 Å². The van der Waals surface area contributed by atoms with E-state index in [1.807, 2.05) is 72.1 Å². The number of benzene rings is 2. The molecule has 0 unspecified atom stereocenters. The molecule has 8 rings (SSSR count). The molecule has 3 amide bonds. The summed E-state index contributed by atoms with van der Waals surface area (Å²) in [7, 11) is -2.27. The highest BCUT2D eigenvalue weighted by molar-refractivity contribution is 7.91. The Morgan fingerprint density at radius 2 is 1.89 bits per heavy atom. The molecule has 4 aliphatic rings. The quantitative estimate of drug-likeness (QED) is 0.192. The Hall–Kier alpha value is -5.02. The van der Waals surface area contributed by atoms with Crippen LogP contribution in [-0.2, 0) is 24.4 Å². The SMILES string of the molecule is COc1ccc2c(O[C@@H]3C[C@H]4C(=O)N[C@]5(C(=O)NS(=O)(=O)C6CC6)C[C@H]5/C=C\CCCCC[C@H](Nc5nc(-c6ccccc6)cs5)C(=O)N4C3)nccc2c1. The Kier molecular flexibility index (Phi) is 10.2. The van der Waals surface area contributed by atoms with Crippen LogP contribution in [0.1, 0.15) is 57.8 Å². The summed E-state index contributed by atoms with van der Waals surface area (Å²) in [4.78, 5) is 53.8. The van der Waals surface area contributed by atoms with Crippen molar-refractivity contribution in [3.63, 3.8) is 0 Å². The van der Waals surface area contributed by atoms with Gasteiger partial charge in [-0.3, -0.25) is 19.1 Å². The van der Waals surface area contributed by atoms with Gasteiger partial charge in [-0.1, -0.05) is 55.3 Å². The number of allylic oxidation sites excluding steroid dienone is 1. The molecule has 1 saturated heterocycles. The van der Waals surface area contributed by atoms with Crippen LogP contribution in [0, 0.1) is 5.92 Å². The smallest absolute Gasteiger partial charge is 0.259 e. The summed E-state index contributed by atoms with van der Waals surface area (Å²) in [5, 5.41) is 9.89. The van der Waals surface area contributed by atoms with E-state index in [1.165, 1.54) is 16.2 Å². The van der Waals surface area contributed by atoms with Gasteiger partial charge in [-0.15, -0.1) is 11.3 Å². The van der Waals surface area contributed by atoms with Crippen molar-refractivity contribution in [1.82, 2.24) is 24.9 Å². The maximum atomic E-state index is 14.8. The number of aromatic nitrogens is 2. The largest absolute Gasteiger partial charge is 0.497 e. The van der Waals surface area contributed by atoms with Gasteiger partial charge < -0.3 is 25.0 Å². The summed E-state index contributed by atoms with van der Waals surface area (Å²) in [6, 6.07) is 15.5. The molecule has 2 aromatic carbocycles. The Bertz CT molecular complexity index is 2230. The maximum Gasteiger partial charge on any atom is 0.259 e. The van der Waals surface area contributed by atoms with Gasteiger partial charge in [-0.25, -0.2) is 18.4 Å². The summed E-state index contributed by atoms with van der Waals surface area (Å²) >= 11 is 1.41. The minimum atomic E-state index is -3.86. The molecule has 2 saturated carbocycles. The van der Waals surface area contributed by atoms with Crippen LogP contribution in [-0.4, -0.2) is 83.6 Å². The van der Waals surface area contributed by atoms with Gasteiger partial charge in [0.2, 0.25) is 27.7 Å². The highest BCUT2D eigenvalue weighted by atomic mass is 32.2. The van der Waals surface area contributed by atoms with Gasteiger partial charge in [-0.05, 0) is 68.2 Å². The molecule has 0 radical (unpaired) electrons. The minimum Gasteiger partial charge on any atom is -0.497 e. The molecule has 2 aliphatic carbocycles. The van der Waals surface area contributed by atoms with Crippen molar-refractivity contribution in [2.45, 2.75) is 86.8 Å². The van der Waals surface area contributed by atoms with Crippen LogP contribution < -0.4 is 24.8 Å². The minimum absolute atomic E-state index is 0.0923. The molecular formula is C40H44N6O7S2. The number of methoxy groups -OCH3 is 1. The first-order valence-corrected chi connectivity index (χ1v) is 21.3. The lowest BCUT2D eigenvalue weighted by Crippen LogP contribution is -2.57. The second kappa shape index (κ2) is 15.3. The molecule has 0 spiro atoms. The average molecular weight is 785 g/mol. The fraction of sp³-hybridized carbons (Fsp3) is 0.425. The van der Waals surface area contributed by atoms with Gasteiger partial charge in [0.15, 0.2) is 5.13 Å². The number of carbonyl (C=O) groups excluding carboxylic acids is 3. The number of sulfonamides is 1. The highest BCUT2D eigenvalue weighted by Crippen LogP contribution is 2.46. The van der Waals surface area contributed by atoms with E-state index in [0.29, 0.717) is 36.0 Å². The Morgan fingerprint density at radius 1 is 1.05 bits per heavy atom. The van der Waals surface area contributed by atoms with Crippen LogP contribution in [0.4, 0.5) is 5.13 Å². The molecule has 4 aromatic rings. The zero-order valence-corrected chi connectivity index (χ0v) is 32.1. The number of rotatable bonds is 9. The molecule has 15 heteroatoms. The fourth-order valence-electron chi connectivity index (χ4n) is 7.58. The van der Waals surface area contributed by atoms with E-state index in [-0.39, 0.29) is 31.2 Å². The Morgan fingerprint density at radius 3 is 2.69 bits per heavy atom. The zero-order chi connectivity index (χ0) is 38.2. The van der Waals surface area contributed by atoms with Crippen molar-refractivity contribution in [1.29, 1.82) is 0 Å². The van der Waals surface area contributed by atoms with Gasteiger partial charge in [0.25, 0.3) is 5.91 Å². The standard InChI is InChI=1S/C40H44N6O7S2/c1-52-28-14-17-31-26(20-28)18-19-41-36(31)53-29-21-34-35(47)44-40(38(49)45-55(50,51)30-15-16-30)22-27(40)12-8-3-2-4-9-13-32(37(48)46(34)23-29)42-39-43-33(24-54-39)25-10-6-5-7-11-25/h5-8,10-12,14,17-20,24,27,29-30,32,34H,2-4,9,13,15-16,21-23H2,1H3,(H,42,43)(H,44,47)(H,45,49)/b12-8-/t27-,29-,32+,34+,40-/m1/s1. The van der Waals surface area contributed by atoms with E-state index >= 15 is 0 Å². The summed E-state index contributed by atoms with van der Waals surface area (Å²) < 4.78 is 39.9. The molecule has 5 atom stereocenters. The van der Waals surface area contributed by atoms with Gasteiger partial charge >= 0.3 is 0 Å². The summed E-state index contributed by atoms with van der Waals surface area (Å²) in [5.74, 6) is -0.913. The molecular weight excluding hydrogens is 741 g/mol. The van der Waals surface area contributed by atoms with E-state index in [0.717, 1.165) is 47.7 Å². The normalized spacial score (nSPS) is 26.5. The number of carbonyl (C=O) groups is 3. The van der Waals surface area contributed by atoms with E-state index in [2.05, 4.69) is 20.3 Å². The number of nitrogens with zero attached hydrogens (tertiary/aromatic N) is 3. The van der Waals surface area contributed by atoms with Crippen LogP contribution in [0.3, 0.4) is 0 Å². The fourth-order valence-corrected chi connectivity index (χ4v) is 9.72. The number of fused-ring (bicyclic) bond motifs is 3. The van der Waals surface area contributed by atoms with Crippen molar-refractivity contribution in [3.8, 4) is 22.9 Å². The molecule has 3 fully saturated rings. The molecule has 2 aromatic heterocycles. The van der Waals surface area contributed by atoms with Crippen molar-refractivity contribution in [2.75, 3.05) is 19.0 Å². The Labute approximate surface area is 324 Å². The third-order valence-corrected chi connectivity index (χ3v) is 13.5. The van der Waals surface area contributed by atoms with E-state index < -0.39 is 50.8 Å². The average Bonchev–Trinajstić information content (AvgIpc) is 4.07. The first-order chi connectivity index (χ1) is 26.6. The topological polar surface area (TPSA) is 169 Å². The van der Waals surface area contributed by atoms with Crippen molar-refractivity contribution < 1.29 is 32.3 Å². The summed E-state index contributed by atoms with van der Waals surface area (Å²) in [5.41, 5.74) is 0.306. The van der Waals surface area contributed by atoms with Gasteiger partial charge in [-0.2, -0.15) is 0 Å². The lowest BCUT2D eigenvalue weighted by molar-refractivity contribution is -0.140. The lowest BCUT2D eigenvalue weighted by atomic mass is 10.1. The van der Waals surface area contributed by atoms with Gasteiger partial charge in [0.1, 0.15) is 29.5 Å². The number of ether oxygens (including phenoxy) is 2. The molecule has 3 N–H and O–H groups in total. The van der Waals surface area contributed by atoms with Gasteiger partial charge in [0.05, 0.1) is 24.6 Å². The molecule has 13 nitrogen and oxygen atoms in total. The second-order valence-electron chi connectivity index (χ2n) is 14.8. The molecule has 4 heterocycles. The number of hydrogen-bond donors (Lipinski definition) is 3. The van der Waals surface area contributed by atoms with Crippen molar-refractivity contribution in [3.05, 3.63) is 78.3 Å². The van der Waals surface area contributed by atoms with Crippen molar-refractivity contribution in [2.24, 2.45) is 5.92 Å². The van der Waals surface area contributed by atoms with Crippen LogP contribution in [0.5, 0.6) is 11.6 Å². The number of anilines is 1. The molecule has 0 bridgehead atoms. The first-order valence-electron chi connectivity index (χ1n) is 18.9. The first kappa shape index (κ1) is 36.9. The van der Waals surface area contributed by atoms with Crippen molar-refractivity contribution >= 4 is 55.0 Å². The monoisotopic (exact) mass is 784 g/mol. The number of thiazole rings is 1. The number of amides is 3. The van der Waals surface area contributed by atoms with Crippen LogP contribution in [0.15, 0.2) is 78.3 Å². The third kappa shape index (κ3) is 7.90. The number of pyridine rings is 1. The summed E-state index contributed by atoms with van der Waals surface area (Å²) in [6.45, 7) is 0.0923. The maximum absolute atomic E-state index is 14.8. The predicted molar refractivity (Wildman–Crippen MR) is 209 cm³/mol. The van der Waals surface area contributed by atoms with Crippen LogP contribution in [0.2, 0.25) is 0 Å². The highest BCUT2D eigenvalue weighted by Gasteiger charge is 2.62. The second-order valence-corrected chi connectivity index (χ2v) is 17.6. The van der Waals surface area contributed by atoms with E-state index in [9.17, 15) is 22.8 Å². The number of hydrogen-bond acceptors (Lipinski definition) is 11. The lowest BCUT2D eigenvalue weighted by Gasteiger charge is -2.29. The summed E-state index contributed by atoms with van der Waals surface area (Å²) in [6.07, 6.45) is 10.1. The number of nitrogens with one attached hydrogen (secondary N) is 3. The Balaban J connectivity index is 1.10. The predicted octanol–water partition coefficient (Wildman–Crippen LogP) is 5.20. The molecule has 2 aliphatic heterocycles. The van der Waals surface area contributed by atoms with Crippen LogP contribution in [0.25, 0.3) is 22.0 Å².